The molecular formula is C12H20ClN3S. The van der Waals surface area contributed by atoms with E-state index in [9.17, 15) is 0 Å². The normalized spacial score (nSPS) is 15.6. The summed E-state index contributed by atoms with van der Waals surface area (Å²) in [6.45, 7) is 1.10. The van der Waals surface area contributed by atoms with Crippen LogP contribution in [0.4, 0.5) is 0 Å². The minimum atomic E-state index is 0.783. The molecule has 5 heteroatoms. The number of rotatable bonds is 6. The van der Waals surface area contributed by atoms with Crippen molar-refractivity contribution >= 4 is 23.4 Å². The van der Waals surface area contributed by atoms with Crippen LogP contribution in [-0.4, -0.2) is 26.4 Å². The van der Waals surface area contributed by atoms with Gasteiger partial charge in [-0.3, -0.25) is 0 Å². The average molecular weight is 274 g/mol. The molecule has 0 atom stereocenters. The lowest BCUT2D eigenvalue weighted by Gasteiger charge is -2.05. The third-order valence-corrected chi connectivity index (χ3v) is 4.40. The van der Waals surface area contributed by atoms with Crippen molar-refractivity contribution in [1.82, 2.24) is 14.8 Å². The molecule has 0 N–H and O–H groups in total. The summed E-state index contributed by atoms with van der Waals surface area (Å²) in [7, 11) is 0. The molecule has 0 fully saturated rings. The number of nitrogens with zero attached hydrogens (tertiary/aromatic N) is 3. The van der Waals surface area contributed by atoms with Crippen molar-refractivity contribution in [3.05, 3.63) is 5.82 Å². The van der Waals surface area contributed by atoms with Gasteiger partial charge < -0.3 is 4.57 Å². The van der Waals surface area contributed by atoms with Crippen molar-refractivity contribution in [2.24, 2.45) is 0 Å². The van der Waals surface area contributed by atoms with E-state index < -0.39 is 0 Å². The van der Waals surface area contributed by atoms with E-state index in [-0.39, 0.29) is 0 Å². The van der Waals surface area contributed by atoms with Gasteiger partial charge in [0.15, 0.2) is 5.16 Å². The van der Waals surface area contributed by atoms with E-state index >= 15 is 0 Å². The molecule has 96 valence electrons. The van der Waals surface area contributed by atoms with Crippen LogP contribution >= 0.6 is 23.4 Å². The van der Waals surface area contributed by atoms with Crippen LogP contribution in [-0.2, 0) is 13.0 Å². The maximum atomic E-state index is 5.66. The van der Waals surface area contributed by atoms with Gasteiger partial charge in [-0.25, -0.2) is 0 Å². The third kappa shape index (κ3) is 3.88. The number of aromatic nitrogens is 3. The Hall–Kier alpha value is -0.220. The Kier molecular flexibility index (Phi) is 5.65. The second-order valence-electron chi connectivity index (χ2n) is 4.46. The molecule has 0 aromatic carbocycles. The first-order valence-corrected chi connectivity index (χ1v) is 8.04. The van der Waals surface area contributed by atoms with E-state index in [0.29, 0.717) is 0 Å². The maximum absolute atomic E-state index is 5.66. The molecule has 0 bridgehead atoms. The Bertz CT molecular complexity index is 340. The summed E-state index contributed by atoms with van der Waals surface area (Å²) in [6.07, 6.45) is 8.52. The van der Waals surface area contributed by atoms with Crippen LogP contribution in [0.5, 0.6) is 0 Å². The van der Waals surface area contributed by atoms with Crippen LogP contribution in [0.2, 0.25) is 0 Å². The predicted octanol–water partition coefficient (Wildman–Crippen LogP) is 3.51. The fraction of sp³-hybridized carbons (Fsp3) is 0.833. The lowest BCUT2D eigenvalue weighted by molar-refractivity contribution is 0.590. The van der Waals surface area contributed by atoms with Gasteiger partial charge in [0.05, 0.1) is 0 Å². The van der Waals surface area contributed by atoms with E-state index in [4.69, 9.17) is 11.6 Å². The van der Waals surface area contributed by atoms with Crippen molar-refractivity contribution in [1.29, 1.82) is 0 Å². The summed E-state index contributed by atoms with van der Waals surface area (Å²) in [4.78, 5) is 0. The van der Waals surface area contributed by atoms with Crippen LogP contribution in [0.3, 0.4) is 0 Å². The first-order chi connectivity index (χ1) is 8.42. The Morgan fingerprint density at radius 3 is 2.94 bits per heavy atom. The molecule has 2 rings (SSSR count). The lowest BCUT2D eigenvalue weighted by Crippen LogP contribution is -2.02. The number of hydrogen-bond donors (Lipinski definition) is 0. The molecule has 0 saturated heterocycles. The molecule has 17 heavy (non-hydrogen) atoms. The van der Waals surface area contributed by atoms with Gasteiger partial charge in [-0.2, -0.15) is 0 Å². The van der Waals surface area contributed by atoms with Crippen LogP contribution in [0, 0.1) is 0 Å². The predicted molar refractivity (Wildman–Crippen MR) is 72.9 cm³/mol. The van der Waals surface area contributed by atoms with Crippen molar-refractivity contribution < 1.29 is 0 Å². The van der Waals surface area contributed by atoms with Crippen molar-refractivity contribution in [2.45, 2.75) is 56.6 Å². The molecular weight excluding hydrogens is 254 g/mol. The van der Waals surface area contributed by atoms with E-state index in [2.05, 4.69) is 14.8 Å². The largest absolute Gasteiger partial charge is 0.306 e. The van der Waals surface area contributed by atoms with Gasteiger partial charge in [0, 0.05) is 24.6 Å². The fourth-order valence-electron chi connectivity index (χ4n) is 2.10. The fourth-order valence-corrected chi connectivity index (χ4v) is 3.27. The summed E-state index contributed by atoms with van der Waals surface area (Å²) in [5.41, 5.74) is 0. The van der Waals surface area contributed by atoms with Crippen molar-refractivity contribution in [3.63, 3.8) is 0 Å². The number of thioether (sulfide) groups is 1. The monoisotopic (exact) mass is 273 g/mol. The highest BCUT2D eigenvalue weighted by Gasteiger charge is 2.14. The number of aryl methyl sites for hydroxylation is 1. The van der Waals surface area contributed by atoms with Crippen LogP contribution < -0.4 is 0 Å². The van der Waals surface area contributed by atoms with Gasteiger partial charge in [-0.1, -0.05) is 24.6 Å². The number of hydrogen-bond acceptors (Lipinski definition) is 3. The van der Waals surface area contributed by atoms with Crippen molar-refractivity contribution in [2.75, 3.05) is 11.6 Å². The summed E-state index contributed by atoms with van der Waals surface area (Å²) < 4.78 is 2.32. The molecule has 1 aromatic heterocycles. The smallest absolute Gasteiger partial charge is 0.191 e. The lowest BCUT2D eigenvalue weighted by atomic mass is 10.2. The molecule has 0 unspecified atom stereocenters. The standard InChI is InChI=1S/C12H20ClN3S/c13-8-4-2-6-10-17-12-15-14-11-7-3-1-5-9-16(11)12/h1-10H2. The summed E-state index contributed by atoms with van der Waals surface area (Å²) in [5.74, 6) is 3.10. The van der Waals surface area contributed by atoms with E-state index in [1.165, 1.54) is 37.9 Å². The minimum absolute atomic E-state index is 0.783. The molecule has 0 spiro atoms. The van der Waals surface area contributed by atoms with Gasteiger partial charge >= 0.3 is 0 Å². The second kappa shape index (κ2) is 7.27. The average Bonchev–Trinajstić information content (AvgIpc) is 2.59. The van der Waals surface area contributed by atoms with E-state index in [1.54, 1.807) is 0 Å². The molecule has 0 saturated carbocycles. The van der Waals surface area contributed by atoms with Crippen LogP contribution in [0.25, 0.3) is 0 Å². The van der Waals surface area contributed by atoms with Gasteiger partial charge in [0.2, 0.25) is 0 Å². The van der Waals surface area contributed by atoms with Crippen LogP contribution in [0.15, 0.2) is 5.16 Å². The molecule has 0 radical (unpaired) electrons. The highest BCUT2D eigenvalue weighted by Crippen LogP contribution is 2.22. The molecule has 0 amide bonds. The number of fused-ring (bicyclic) bond motifs is 1. The zero-order chi connectivity index (χ0) is 11.9. The zero-order valence-corrected chi connectivity index (χ0v) is 11.8. The maximum Gasteiger partial charge on any atom is 0.191 e. The van der Waals surface area contributed by atoms with Gasteiger partial charge in [0.1, 0.15) is 5.82 Å². The van der Waals surface area contributed by atoms with Gasteiger partial charge in [0.25, 0.3) is 0 Å². The highest BCUT2D eigenvalue weighted by molar-refractivity contribution is 7.99. The summed E-state index contributed by atoms with van der Waals surface area (Å²) in [6, 6.07) is 0. The van der Waals surface area contributed by atoms with Gasteiger partial charge in [-0.05, 0) is 25.7 Å². The molecule has 3 nitrogen and oxygen atoms in total. The molecule has 1 aliphatic heterocycles. The van der Waals surface area contributed by atoms with Crippen molar-refractivity contribution in [3.8, 4) is 0 Å². The van der Waals surface area contributed by atoms with E-state index in [0.717, 1.165) is 36.2 Å². The topological polar surface area (TPSA) is 30.7 Å². The second-order valence-corrected chi connectivity index (χ2v) is 5.90. The minimum Gasteiger partial charge on any atom is -0.306 e. The number of alkyl halides is 1. The number of unbranched alkanes of at least 4 members (excludes halogenated alkanes) is 2. The summed E-state index contributed by atoms with van der Waals surface area (Å²) >= 11 is 7.51. The Labute approximate surface area is 112 Å². The molecule has 1 aliphatic rings. The third-order valence-electron chi connectivity index (χ3n) is 3.08. The first-order valence-electron chi connectivity index (χ1n) is 6.52. The Balaban J connectivity index is 1.82. The Morgan fingerprint density at radius 1 is 1.12 bits per heavy atom. The summed E-state index contributed by atoms with van der Waals surface area (Å²) in [5, 5.41) is 9.73. The number of halogens is 1. The van der Waals surface area contributed by atoms with E-state index in [1.807, 2.05) is 11.8 Å². The highest BCUT2D eigenvalue weighted by atomic mass is 35.5. The zero-order valence-electron chi connectivity index (χ0n) is 10.2. The molecule has 0 aliphatic carbocycles. The SMILES string of the molecule is ClCCCCCSc1nnc2n1CCCCC2. The van der Waals surface area contributed by atoms with Gasteiger partial charge in [-0.15, -0.1) is 21.8 Å². The quantitative estimate of drug-likeness (QED) is 0.451. The molecule has 2 heterocycles. The Morgan fingerprint density at radius 2 is 2.06 bits per heavy atom. The molecule has 1 aromatic rings. The first kappa shape index (κ1) is 13.2. The van der Waals surface area contributed by atoms with Crippen LogP contribution in [0.1, 0.15) is 44.3 Å².